The van der Waals surface area contributed by atoms with Gasteiger partial charge in [0.05, 0.1) is 12.2 Å². The van der Waals surface area contributed by atoms with Gasteiger partial charge in [0, 0.05) is 23.0 Å². The first kappa shape index (κ1) is 13.0. The molecule has 0 saturated carbocycles. The number of nitrogens with one attached hydrogen (secondary N) is 1. The number of ether oxygens (including phenoxy) is 1. The van der Waals surface area contributed by atoms with Crippen molar-refractivity contribution in [2.45, 2.75) is 20.8 Å². The van der Waals surface area contributed by atoms with E-state index in [9.17, 15) is 9.59 Å². The molecule has 0 aliphatic heterocycles. The molecule has 0 unspecified atom stereocenters. The molecule has 0 saturated heterocycles. The van der Waals surface area contributed by atoms with E-state index in [1.165, 1.54) is 6.08 Å². The molecule has 0 aromatic carbocycles. The summed E-state index contributed by atoms with van der Waals surface area (Å²) < 4.78 is 4.93. The molecule has 0 bridgehead atoms. The predicted molar refractivity (Wildman–Crippen MR) is 62.9 cm³/mol. The number of carboxylic acid groups (broad SMARTS) is 1. The first-order valence-electron chi connectivity index (χ1n) is 5.24. The summed E-state index contributed by atoms with van der Waals surface area (Å²) in [6.45, 7) is 5.53. The van der Waals surface area contributed by atoms with Crippen LogP contribution in [0.4, 0.5) is 0 Å². The van der Waals surface area contributed by atoms with Crippen molar-refractivity contribution in [2.24, 2.45) is 0 Å². The quantitative estimate of drug-likeness (QED) is 0.619. The van der Waals surface area contributed by atoms with Crippen LogP contribution >= 0.6 is 0 Å². The van der Waals surface area contributed by atoms with E-state index in [0.29, 0.717) is 16.8 Å². The summed E-state index contributed by atoms with van der Waals surface area (Å²) >= 11 is 0. The average Bonchev–Trinajstić information content (AvgIpc) is 2.50. The lowest BCUT2D eigenvalue weighted by atomic mass is 10.1. The van der Waals surface area contributed by atoms with Gasteiger partial charge in [-0.25, -0.2) is 9.59 Å². The Labute approximate surface area is 99.1 Å². The first-order chi connectivity index (χ1) is 7.97. The van der Waals surface area contributed by atoms with E-state index in [4.69, 9.17) is 9.84 Å². The number of carbonyl (C=O) groups excluding carboxylic acids is 1. The molecule has 0 amide bonds. The summed E-state index contributed by atoms with van der Waals surface area (Å²) in [4.78, 5) is 25.2. The monoisotopic (exact) mass is 237 g/mol. The molecule has 0 aliphatic carbocycles. The Balaban J connectivity index is 3.19. The van der Waals surface area contributed by atoms with Gasteiger partial charge in [-0.05, 0) is 26.8 Å². The van der Waals surface area contributed by atoms with Gasteiger partial charge in [-0.3, -0.25) is 0 Å². The second kappa shape index (κ2) is 5.34. The second-order valence-corrected chi connectivity index (χ2v) is 3.56. The number of hydrogen-bond acceptors (Lipinski definition) is 3. The molecule has 92 valence electrons. The molecule has 0 atom stereocenters. The van der Waals surface area contributed by atoms with E-state index in [2.05, 4.69) is 4.98 Å². The zero-order chi connectivity index (χ0) is 13.0. The minimum atomic E-state index is -1.06. The average molecular weight is 237 g/mol. The summed E-state index contributed by atoms with van der Waals surface area (Å²) in [5.41, 5.74) is 2.36. The largest absolute Gasteiger partial charge is 0.478 e. The summed E-state index contributed by atoms with van der Waals surface area (Å²) in [6.07, 6.45) is 2.39. The first-order valence-corrected chi connectivity index (χ1v) is 5.24. The van der Waals surface area contributed by atoms with E-state index < -0.39 is 11.9 Å². The van der Waals surface area contributed by atoms with Crippen LogP contribution in [0.25, 0.3) is 6.08 Å². The van der Waals surface area contributed by atoms with E-state index in [1.54, 1.807) is 20.8 Å². The van der Waals surface area contributed by atoms with Crippen molar-refractivity contribution in [3.63, 3.8) is 0 Å². The molecule has 1 aromatic rings. The number of aryl methyl sites for hydroxylation is 2. The maximum Gasteiger partial charge on any atom is 0.340 e. The molecule has 5 heteroatoms. The third-order valence-electron chi connectivity index (χ3n) is 2.30. The van der Waals surface area contributed by atoms with Gasteiger partial charge < -0.3 is 14.8 Å². The van der Waals surface area contributed by atoms with Crippen molar-refractivity contribution in [1.29, 1.82) is 0 Å². The summed E-state index contributed by atoms with van der Waals surface area (Å²) in [5.74, 6) is -1.50. The number of esters is 1. The Morgan fingerprint density at radius 3 is 2.53 bits per heavy atom. The Hall–Kier alpha value is -2.04. The Morgan fingerprint density at radius 2 is 2.00 bits per heavy atom. The molecule has 0 aliphatic rings. The summed E-state index contributed by atoms with van der Waals surface area (Å²) in [5, 5.41) is 8.59. The Bertz CT molecular complexity index is 471. The number of hydrogen-bond donors (Lipinski definition) is 2. The van der Waals surface area contributed by atoms with Crippen LogP contribution in [0.15, 0.2) is 6.08 Å². The maximum absolute atomic E-state index is 11.7. The molecular weight excluding hydrogens is 222 g/mol. The van der Waals surface area contributed by atoms with Crippen LogP contribution in [0.2, 0.25) is 0 Å². The number of H-pyrrole nitrogens is 1. The maximum atomic E-state index is 11.7. The highest BCUT2D eigenvalue weighted by atomic mass is 16.5. The number of aliphatic carboxylic acids is 1. The number of aromatic nitrogens is 1. The van der Waals surface area contributed by atoms with Gasteiger partial charge in [0.1, 0.15) is 0 Å². The number of aromatic amines is 1. The molecule has 1 rings (SSSR count). The molecule has 0 spiro atoms. The van der Waals surface area contributed by atoms with Gasteiger partial charge in [-0.15, -0.1) is 0 Å². The zero-order valence-corrected chi connectivity index (χ0v) is 10.0. The van der Waals surface area contributed by atoms with Gasteiger partial charge >= 0.3 is 11.9 Å². The lowest BCUT2D eigenvalue weighted by Gasteiger charge is -2.02. The smallest absolute Gasteiger partial charge is 0.340 e. The number of carbonyl (C=O) groups is 2. The lowest BCUT2D eigenvalue weighted by Crippen LogP contribution is -2.06. The van der Waals surface area contributed by atoms with Crippen molar-refractivity contribution in [3.05, 3.63) is 28.6 Å². The Kier molecular flexibility index (Phi) is 4.09. The standard InChI is InChI=1S/C12H15NO4/c1-4-17-12(16)11-8(3)13-7(2)9(11)5-6-10(14)15/h5-6,13H,4H2,1-3H3,(H,14,15)/b6-5-. The lowest BCUT2D eigenvalue weighted by molar-refractivity contribution is -0.131. The van der Waals surface area contributed by atoms with Crippen LogP contribution in [0, 0.1) is 13.8 Å². The fraction of sp³-hybridized carbons (Fsp3) is 0.333. The van der Waals surface area contributed by atoms with Gasteiger partial charge in [0.2, 0.25) is 0 Å². The minimum absolute atomic E-state index is 0.282. The molecule has 2 N–H and O–H groups in total. The second-order valence-electron chi connectivity index (χ2n) is 3.56. The van der Waals surface area contributed by atoms with Crippen LogP contribution in [0.3, 0.4) is 0 Å². The topological polar surface area (TPSA) is 79.4 Å². The van der Waals surface area contributed by atoms with E-state index in [1.807, 2.05) is 0 Å². The van der Waals surface area contributed by atoms with Crippen molar-refractivity contribution in [3.8, 4) is 0 Å². The molecule has 17 heavy (non-hydrogen) atoms. The van der Waals surface area contributed by atoms with Crippen molar-refractivity contribution < 1.29 is 19.4 Å². The van der Waals surface area contributed by atoms with Crippen LogP contribution in [-0.2, 0) is 9.53 Å². The van der Waals surface area contributed by atoms with Gasteiger partial charge in [-0.2, -0.15) is 0 Å². The summed E-state index contributed by atoms with van der Waals surface area (Å²) in [6, 6.07) is 0. The molecule has 0 fully saturated rings. The third-order valence-corrected chi connectivity index (χ3v) is 2.30. The highest BCUT2D eigenvalue weighted by Gasteiger charge is 2.18. The van der Waals surface area contributed by atoms with Crippen LogP contribution in [0.5, 0.6) is 0 Å². The number of carboxylic acids is 1. The van der Waals surface area contributed by atoms with Crippen molar-refractivity contribution in [1.82, 2.24) is 4.98 Å². The minimum Gasteiger partial charge on any atom is -0.478 e. The van der Waals surface area contributed by atoms with E-state index >= 15 is 0 Å². The Morgan fingerprint density at radius 1 is 1.35 bits per heavy atom. The zero-order valence-electron chi connectivity index (χ0n) is 10.0. The normalized spacial score (nSPS) is 10.8. The summed E-state index contributed by atoms with van der Waals surface area (Å²) in [7, 11) is 0. The highest BCUT2D eigenvalue weighted by Crippen LogP contribution is 2.20. The van der Waals surface area contributed by atoms with Crippen molar-refractivity contribution in [2.75, 3.05) is 6.61 Å². The van der Waals surface area contributed by atoms with Crippen LogP contribution in [0.1, 0.15) is 34.2 Å². The highest BCUT2D eigenvalue weighted by molar-refractivity contribution is 5.97. The van der Waals surface area contributed by atoms with Crippen LogP contribution < -0.4 is 0 Å². The SMILES string of the molecule is CCOC(=O)c1c(C)[nH]c(C)c1/C=C\C(=O)O. The molecular formula is C12H15NO4. The van der Waals surface area contributed by atoms with Gasteiger partial charge in [-0.1, -0.05) is 0 Å². The molecule has 5 nitrogen and oxygen atoms in total. The fourth-order valence-corrected chi connectivity index (χ4v) is 1.63. The van der Waals surface area contributed by atoms with Crippen molar-refractivity contribution >= 4 is 18.0 Å². The number of rotatable bonds is 4. The van der Waals surface area contributed by atoms with Crippen LogP contribution in [-0.4, -0.2) is 28.6 Å². The molecule has 0 radical (unpaired) electrons. The van der Waals surface area contributed by atoms with Gasteiger partial charge in [0.15, 0.2) is 0 Å². The third kappa shape index (κ3) is 2.96. The molecule has 1 heterocycles. The van der Waals surface area contributed by atoms with E-state index in [0.717, 1.165) is 11.8 Å². The van der Waals surface area contributed by atoms with Gasteiger partial charge in [0.25, 0.3) is 0 Å². The molecule has 1 aromatic heterocycles. The van der Waals surface area contributed by atoms with E-state index in [-0.39, 0.29) is 6.61 Å². The fourth-order valence-electron chi connectivity index (χ4n) is 1.63. The predicted octanol–water partition coefficient (Wildman–Crippen LogP) is 1.91.